The molecule has 1 aromatic heterocycles. The van der Waals surface area contributed by atoms with Gasteiger partial charge in [-0.25, -0.2) is 0 Å². The third kappa shape index (κ3) is 3.53. The Balaban J connectivity index is 1.65. The molecule has 0 fully saturated rings. The van der Waals surface area contributed by atoms with Gasteiger partial charge in [0.1, 0.15) is 12.4 Å². The van der Waals surface area contributed by atoms with E-state index in [1.165, 1.54) is 11.3 Å². The fraction of sp³-hybridized carbons (Fsp3) is 0.357. The second kappa shape index (κ2) is 6.85. The highest BCUT2D eigenvalue weighted by atomic mass is 35.5. The molecule has 22 heavy (non-hydrogen) atoms. The molecule has 1 amide bonds. The summed E-state index contributed by atoms with van der Waals surface area (Å²) < 4.78 is 6.49. The molecule has 8 heteroatoms. The normalized spacial score (nSPS) is 16.7. The fourth-order valence-electron chi connectivity index (χ4n) is 2.18. The Morgan fingerprint density at radius 3 is 3.23 bits per heavy atom. The summed E-state index contributed by atoms with van der Waals surface area (Å²) in [5, 5.41) is 12.0. The van der Waals surface area contributed by atoms with Gasteiger partial charge >= 0.3 is 0 Å². The molecule has 1 aliphatic rings. The average Bonchev–Trinajstić information content (AvgIpc) is 2.94. The maximum atomic E-state index is 12.3. The number of carbonyl (C=O) groups is 1. The lowest BCUT2D eigenvalue weighted by Gasteiger charge is -2.24. The Kier molecular flexibility index (Phi) is 4.85. The maximum Gasteiger partial charge on any atom is 0.233 e. The zero-order valence-electron chi connectivity index (χ0n) is 11.8. The fourth-order valence-corrected chi connectivity index (χ4v) is 4.03. The number of rotatable bonds is 4. The van der Waals surface area contributed by atoms with E-state index in [4.69, 9.17) is 16.3 Å². The number of nitrogens with one attached hydrogen (secondary N) is 1. The van der Waals surface area contributed by atoms with Gasteiger partial charge in [0.25, 0.3) is 0 Å². The van der Waals surface area contributed by atoms with Crippen molar-refractivity contribution in [3.8, 4) is 5.75 Å². The van der Waals surface area contributed by atoms with Gasteiger partial charge in [0.2, 0.25) is 11.0 Å². The van der Waals surface area contributed by atoms with Crippen molar-refractivity contribution in [2.45, 2.75) is 17.7 Å². The van der Waals surface area contributed by atoms with E-state index in [0.29, 0.717) is 23.2 Å². The minimum atomic E-state index is -0.253. The molecule has 0 unspecified atom stereocenters. The Labute approximate surface area is 141 Å². The van der Waals surface area contributed by atoms with E-state index in [1.54, 1.807) is 17.8 Å². The summed E-state index contributed by atoms with van der Waals surface area (Å²) in [7, 11) is 0. The van der Waals surface area contributed by atoms with Gasteiger partial charge in [0, 0.05) is 5.02 Å². The molecular weight excluding hydrogens is 342 g/mol. The summed E-state index contributed by atoms with van der Waals surface area (Å²) >= 11 is 8.98. The van der Waals surface area contributed by atoms with Crippen LogP contribution in [-0.2, 0) is 11.2 Å². The number of anilines is 1. The first-order valence-corrected chi connectivity index (χ1v) is 9.02. The highest BCUT2D eigenvalue weighted by Crippen LogP contribution is 2.31. The number of amides is 1. The van der Waals surface area contributed by atoms with Crippen molar-refractivity contribution in [1.29, 1.82) is 0 Å². The van der Waals surface area contributed by atoms with Gasteiger partial charge < -0.3 is 10.1 Å². The van der Waals surface area contributed by atoms with E-state index in [2.05, 4.69) is 15.5 Å². The molecule has 0 saturated carbocycles. The number of aromatic nitrogens is 2. The van der Waals surface area contributed by atoms with Gasteiger partial charge in [-0.2, -0.15) is 0 Å². The topological polar surface area (TPSA) is 64.1 Å². The average molecular weight is 356 g/mol. The summed E-state index contributed by atoms with van der Waals surface area (Å²) in [4.78, 5) is 12.3. The van der Waals surface area contributed by atoms with E-state index >= 15 is 0 Å². The molecule has 1 aromatic carbocycles. The molecule has 116 valence electrons. The first-order chi connectivity index (χ1) is 10.7. The number of nitrogens with zero attached hydrogens (tertiary/aromatic N) is 2. The van der Waals surface area contributed by atoms with Crippen molar-refractivity contribution < 1.29 is 9.53 Å². The maximum absolute atomic E-state index is 12.3. The van der Waals surface area contributed by atoms with E-state index in [9.17, 15) is 4.79 Å². The number of thioether (sulfide) groups is 1. The predicted molar refractivity (Wildman–Crippen MR) is 89.1 cm³/mol. The molecule has 3 rings (SSSR count). The largest absolute Gasteiger partial charge is 0.492 e. The van der Waals surface area contributed by atoms with Crippen LogP contribution < -0.4 is 10.1 Å². The van der Waals surface area contributed by atoms with Crippen LogP contribution in [0.1, 0.15) is 12.5 Å². The van der Waals surface area contributed by atoms with Crippen molar-refractivity contribution in [3.63, 3.8) is 0 Å². The van der Waals surface area contributed by atoms with Gasteiger partial charge in [0.15, 0.2) is 4.34 Å². The summed E-state index contributed by atoms with van der Waals surface area (Å²) in [6.45, 7) is 2.40. The first kappa shape index (κ1) is 15.6. The molecule has 2 aromatic rings. The Bertz CT molecular complexity index is 692. The number of ether oxygens (including phenoxy) is 1. The lowest BCUT2D eigenvalue weighted by Crippen LogP contribution is -2.32. The smallest absolute Gasteiger partial charge is 0.233 e. The molecule has 0 aliphatic carbocycles. The lowest BCUT2D eigenvalue weighted by atomic mass is 9.96. The predicted octanol–water partition coefficient (Wildman–Crippen LogP) is 3.49. The monoisotopic (exact) mass is 355 g/mol. The zero-order chi connectivity index (χ0) is 15.5. The van der Waals surface area contributed by atoms with Crippen LogP contribution in [0.5, 0.6) is 5.75 Å². The third-order valence-electron chi connectivity index (χ3n) is 3.20. The second-order valence-corrected chi connectivity index (χ2v) is 7.68. The van der Waals surface area contributed by atoms with E-state index in [1.807, 2.05) is 19.1 Å². The zero-order valence-corrected chi connectivity index (χ0v) is 14.2. The van der Waals surface area contributed by atoms with Crippen LogP contribution in [0.15, 0.2) is 22.5 Å². The van der Waals surface area contributed by atoms with Crippen LogP contribution in [0.2, 0.25) is 5.02 Å². The van der Waals surface area contributed by atoms with E-state index < -0.39 is 0 Å². The summed E-state index contributed by atoms with van der Waals surface area (Å²) in [6, 6.07) is 5.47. The number of hydrogen-bond donors (Lipinski definition) is 1. The highest BCUT2D eigenvalue weighted by molar-refractivity contribution is 8.01. The third-order valence-corrected chi connectivity index (χ3v) is 5.29. The number of halogens is 1. The van der Waals surface area contributed by atoms with Crippen molar-refractivity contribution in [2.24, 2.45) is 5.92 Å². The minimum absolute atomic E-state index is 0.102. The Morgan fingerprint density at radius 1 is 1.55 bits per heavy atom. The molecule has 1 atom stereocenters. The van der Waals surface area contributed by atoms with Crippen LogP contribution in [0.25, 0.3) is 0 Å². The van der Waals surface area contributed by atoms with Crippen molar-refractivity contribution in [2.75, 3.05) is 17.7 Å². The van der Waals surface area contributed by atoms with Crippen molar-refractivity contribution in [1.82, 2.24) is 10.2 Å². The molecule has 0 saturated heterocycles. The molecule has 1 N–H and O–H groups in total. The lowest BCUT2D eigenvalue weighted by molar-refractivity contribution is -0.121. The Morgan fingerprint density at radius 2 is 2.41 bits per heavy atom. The number of benzene rings is 1. The molecule has 0 radical (unpaired) electrons. The van der Waals surface area contributed by atoms with Crippen LogP contribution in [0.4, 0.5) is 5.13 Å². The standard InChI is InChI=1S/C14H14ClN3O2S2/c1-2-21-14-18-17-13(22-14)16-12(19)9-5-8-6-10(15)3-4-11(8)20-7-9/h3-4,6,9H,2,5,7H2,1H3,(H,16,17,19)/t9-/m1/s1. The number of hydrogen-bond acceptors (Lipinski definition) is 6. The Hall–Kier alpha value is -1.31. The van der Waals surface area contributed by atoms with Crippen molar-refractivity contribution in [3.05, 3.63) is 28.8 Å². The molecular formula is C14H14ClN3O2S2. The van der Waals surface area contributed by atoms with E-state index in [0.717, 1.165) is 21.4 Å². The summed E-state index contributed by atoms with van der Waals surface area (Å²) in [6.07, 6.45) is 0.608. The number of carbonyl (C=O) groups excluding carboxylic acids is 1. The van der Waals surface area contributed by atoms with Gasteiger partial charge in [-0.1, -0.05) is 41.6 Å². The van der Waals surface area contributed by atoms with Crippen LogP contribution in [0, 0.1) is 5.92 Å². The minimum Gasteiger partial charge on any atom is -0.492 e. The molecule has 0 bridgehead atoms. The van der Waals surface area contributed by atoms with Gasteiger partial charge in [-0.3, -0.25) is 4.79 Å². The van der Waals surface area contributed by atoms with Crippen LogP contribution >= 0.6 is 34.7 Å². The summed E-state index contributed by atoms with van der Waals surface area (Å²) in [5.41, 5.74) is 0.957. The molecule has 5 nitrogen and oxygen atoms in total. The van der Waals surface area contributed by atoms with Gasteiger partial charge in [-0.15, -0.1) is 10.2 Å². The van der Waals surface area contributed by atoms with Gasteiger partial charge in [0.05, 0.1) is 5.92 Å². The van der Waals surface area contributed by atoms with Gasteiger partial charge in [-0.05, 0) is 35.9 Å². The van der Waals surface area contributed by atoms with E-state index in [-0.39, 0.29) is 11.8 Å². The molecule has 2 heterocycles. The molecule has 0 spiro atoms. The van der Waals surface area contributed by atoms with Crippen LogP contribution in [0.3, 0.4) is 0 Å². The quantitative estimate of drug-likeness (QED) is 0.671. The highest BCUT2D eigenvalue weighted by Gasteiger charge is 2.27. The number of fused-ring (bicyclic) bond motifs is 1. The second-order valence-electron chi connectivity index (χ2n) is 4.76. The first-order valence-electron chi connectivity index (χ1n) is 6.84. The SMILES string of the molecule is CCSc1nnc(NC(=O)[C@H]2COc3ccc(Cl)cc3C2)s1. The van der Waals surface area contributed by atoms with Crippen molar-refractivity contribution >= 4 is 45.7 Å². The summed E-state index contributed by atoms with van der Waals surface area (Å²) in [5.74, 6) is 1.37. The molecule has 1 aliphatic heterocycles. The van der Waals surface area contributed by atoms with Crippen LogP contribution in [-0.4, -0.2) is 28.5 Å².